The number of hydrogen-bond acceptors (Lipinski definition) is 3. The summed E-state index contributed by atoms with van der Waals surface area (Å²) in [5.41, 5.74) is 11.9. The topological polar surface area (TPSA) is 50.9 Å². The Balaban J connectivity index is 2.25. The Bertz CT molecular complexity index is 578. The molecule has 0 saturated heterocycles. The summed E-state index contributed by atoms with van der Waals surface area (Å²) in [7, 11) is 0. The molecule has 0 amide bonds. The summed E-state index contributed by atoms with van der Waals surface area (Å²) in [6.45, 7) is 7.31. The van der Waals surface area contributed by atoms with Gasteiger partial charge in [0.1, 0.15) is 0 Å². The van der Waals surface area contributed by atoms with Gasteiger partial charge in [-0.15, -0.1) is 0 Å². The van der Waals surface area contributed by atoms with Gasteiger partial charge in [0.05, 0.1) is 0 Å². The Morgan fingerprint density at radius 1 is 1.20 bits per heavy atom. The van der Waals surface area contributed by atoms with Gasteiger partial charge >= 0.3 is 0 Å². The predicted octanol–water partition coefficient (Wildman–Crippen LogP) is 3.17. The number of anilines is 1. The van der Waals surface area contributed by atoms with Crippen molar-refractivity contribution in [1.29, 1.82) is 0 Å². The highest BCUT2D eigenvalue weighted by atomic mass is 14.9. The van der Waals surface area contributed by atoms with Crippen LogP contribution in [0.3, 0.4) is 0 Å². The molecule has 1 aromatic carbocycles. The second kappa shape index (κ2) is 6.53. The maximum absolute atomic E-state index is 6.08. The molecule has 2 aromatic rings. The van der Waals surface area contributed by atoms with Gasteiger partial charge in [-0.25, -0.2) is 0 Å². The Labute approximate surface area is 121 Å². The summed E-state index contributed by atoms with van der Waals surface area (Å²) in [5.74, 6) is 0. The van der Waals surface area contributed by atoms with Crippen LogP contribution in [0.25, 0.3) is 0 Å². The number of aryl methyl sites for hydroxylation is 2. The van der Waals surface area contributed by atoms with Crippen molar-refractivity contribution in [3.63, 3.8) is 0 Å². The zero-order valence-electron chi connectivity index (χ0n) is 12.5. The molecule has 1 atom stereocenters. The molecule has 1 heterocycles. The number of likely N-dealkylation sites (N-methyl/N-ethyl adjacent to an activating group) is 1. The van der Waals surface area contributed by atoms with Gasteiger partial charge in [0.2, 0.25) is 0 Å². The molecule has 3 heteroatoms. The van der Waals surface area contributed by atoms with E-state index in [2.05, 4.69) is 49.3 Å². The van der Waals surface area contributed by atoms with Crippen molar-refractivity contribution in [2.45, 2.75) is 33.2 Å². The van der Waals surface area contributed by atoms with Gasteiger partial charge in [-0.1, -0.05) is 25.1 Å². The van der Waals surface area contributed by atoms with E-state index in [1.54, 1.807) is 6.20 Å². The first kappa shape index (κ1) is 14.5. The number of nitrogens with two attached hydrogens (primary N) is 1. The van der Waals surface area contributed by atoms with Gasteiger partial charge in [0, 0.05) is 29.7 Å². The number of hydrogen-bond donors (Lipinski definition) is 2. The van der Waals surface area contributed by atoms with Gasteiger partial charge < -0.3 is 11.1 Å². The molecule has 3 N–H and O–H groups in total. The summed E-state index contributed by atoms with van der Waals surface area (Å²) in [5, 5.41) is 3.50. The fourth-order valence-corrected chi connectivity index (χ4v) is 2.41. The van der Waals surface area contributed by atoms with Crippen molar-refractivity contribution < 1.29 is 0 Å². The Hall–Kier alpha value is -1.87. The van der Waals surface area contributed by atoms with Crippen LogP contribution in [0.5, 0.6) is 0 Å². The van der Waals surface area contributed by atoms with E-state index in [1.165, 1.54) is 16.7 Å². The molecular weight excluding hydrogens is 246 g/mol. The van der Waals surface area contributed by atoms with E-state index < -0.39 is 0 Å². The number of nitrogens with one attached hydrogen (secondary N) is 1. The number of nitrogens with zero attached hydrogens (tertiary/aromatic N) is 1. The second-order valence-electron chi connectivity index (χ2n) is 5.24. The number of nitrogen functional groups attached to an aromatic ring is 1. The van der Waals surface area contributed by atoms with Crippen LogP contribution >= 0.6 is 0 Å². The number of aromatic nitrogens is 1. The van der Waals surface area contributed by atoms with Crippen molar-refractivity contribution in [3.8, 4) is 0 Å². The number of rotatable bonds is 5. The standard InChI is InChI=1S/C17H23N3/c1-4-20-17(15-11-19-8-7-16(15)18)10-14-6-5-12(2)13(3)9-14/h5-9,11,17,20H,4,10H2,1-3H3,(H2,18,19). The molecule has 0 fully saturated rings. The highest BCUT2D eigenvalue weighted by Gasteiger charge is 2.14. The largest absolute Gasteiger partial charge is 0.398 e. The Morgan fingerprint density at radius 3 is 2.65 bits per heavy atom. The minimum Gasteiger partial charge on any atom is -0.398 e. The van der Waals surface area contributed by atoms with Crippen LogP contribution in [0.1, 0.15) is 35.2 Å². The third-order valence-electron chi connectivity index (χ3n) is 3.72. The highest BCUT2D eigenvalue weighted by Crippen LogP contribution is 2.23. The average molecular weight is 269 g/mol. The third-order valence-corrected chi connectivity index (χ3v) is 3.72. The van der Waals surface area contributed by atoms with Crippen molar-refractivity contribution in [2.75, 3.05) is 12.3 Å². The summed E-state index contributed by atoms with van der Waals surface area (Å²) in [4.78, 5) is 4.20. The molecule has 0 aliphatic carbocycles. The first-order chi connectivity index (χ1) is 9.61. The molecule has 106 valence electrons. The molecule has 0 bridgehead atoms. The predicted molar refractivity (Wildman–Crippen MR) is 84.7 cm³/mol. The SMILES string of the molecule is CCNC(Cc1ccc(C)c(C)c1)c1cnccc1N. The lowest BCUT2D eigenvalue weighted by atomic mass is 9.96. The maximum Gasteiger partial charge on any atom is 0.0396 e. The van der Waals surface area contributed by atoms with Crippen LogP contribution < -0.4 is 11.1 Å². The molecule has 0 radical (unpaired) electrons. The van der Waals surface area contributed by atoms with Crippen molar-refractivity contribution in [2.24, 2.45) is 0 Å². The summed E-state index contributed by atoms with van der Waals surface area (Å²) in [6.07, 6.45) is 4.52. The van der Waals surface area contributed by atoms with Crippen molar-refractivity contribution in [1.82, 2.24) is 10.3 Å². The molecule has 0 saturated carbocycles. The molecule has 2 rings (SSSR count). The first-order valence-corrected chi connectivity index (χ1v) is 7.10. The molecule has 1 unspecified atom stereocenters. The van der Waals surface area contributed by atoms with Crippen molar-refractivity contribution >= 4 is 5.69 Å². The fourth-order valence-electron chi connectivity index (χ4n) is 2.41. The molecule has 3 nitrogen and oxygen atoms in total. The van der Waals surface area contributed by atoms with E-state index in [4.69, 9.17) is 5.73 Å². The maximum atomic E-state index is 6.08. The Morgan fingerprint density at radius 2 is 2.00 bits per heavy atom. The first-order valence-electron chi connectivity index (χ1n) is 7.10. The molecule has 0 spiro atoms. The van der Waals surface area contributed by atoms with Gasteiger partial charge in [0.25, 0.3) is 0 Å². The zero-order valence-corrected chi connectivity index (χ0v) is 12.5. The quantitative estimate of drug-likeness (QED) is 0.876. The van der Waals surface area contributed by atoms with Crippen LogP contribution in [0.4, 0.5) is 5.69 Å². The van der Waals surface area contributed by atoms with Gasteiger partial charge in [0.15, 0.2) is 0 Å². The molecule has 1 aromatic heterocycles. The normalized spacial score (nSPS) is 12.3. The minimum absolute atomic E-state index is 0.204. The lowest BCUT2D eigenvalue weighted by Crippen LogP contribution is -2.24. The summed E-state index contributed by atoms with van der Waals surface area (Å²) < 4.78 is 0. The van der Waals surface area contributed by atoms with E-state index in [0.29, 0.717) is 0 Å². The average Bonchev–Trinajstić information content (AvgIpc) is 2.43. The van der Waals surface area contributed by atoms with Crippen LogP contribution in [0.15, 0.2) is 36.7 Å². The summed E-state index contributed by atoms with van der Waals surface area (Å²) in [6, 6.07) is 8.70. The van der Waals surface area contributed by atoms with E-state index in [-0.39, 0.29) is 6.04 Å². The molecule has 0 aliphatic heterocycles. The lowest BCUT2D eigenvalue weighted by molar-refractivity contribution is 0.549. The van der Waals surface area contributed by atoms with Gasteiger partial charge in [-0.2, -0.15) is 0 Å². The minimum atomic E-state index is 0.204. The highest BCUT2D eigenvalue weighted by molar-refractivity contribution is 5.47. The van der Waals surface area contributed by atoms with E-state index >= 15 is 0 Å². The van der Waals surface area contributed by atoms with Crippen LogP contribution in [-0.2, 0) is 6.42 Å². The van der Waals surface area contributed by atoms with Gasteiger partial charge in [-0.05, 0) is 49.6 Å². The van der Waals surface area contributed by atoms with Crippen LogP contribution in [0.2, 0.25) is 0 Å². The van der Waals surface area contributed by atoms with E-state index in [1.807, 2.05) is 12.3 Å². The molecule has 0 aliphatic rings. The smallest absolute Gasteiger partial charge is 0.0396 e. The van der Waals surface area contributed by atoms with Gasteiger partial charge in [-0.3, -0.25) is 4.98 Å². The summed E-state index contributed by atoms with van der Waals surface area (Å²) >= 11 is 0. The molecule has 20 heavy (non-hydrogen) atoms. The third kappa shape index (κ3) is 3.36. The second-order valence-corrected chi connectivity index (χ2v) is 5.24. The van der Waals surface area contributed by atoms with Crippen LogP contribution in [-0.4, -0.2) is 11.5 Å². The zero-order chi connectivity index (χ0) is 14.5. The van der Waals surface area contributed by atoms with Crippen LogP contribution in [0, 0.1) is 13.8 Å². The lowest BCUT2D eigenvalue weighted by Gasteiger charge is -2.20. The Kier molecular flexibility index (Phi) is 4.74. The number of benzene rings is 1. The monoisotopic (exact) mass is 269 g/mol. The van der Waals surface area contributed by atoms with E-state index in [0.717, 1.165) is 24.2 Å². The molecular formula is C17H23N3. The van der Waals surface area contributed by atoms with Crippen molar-refractivity contribution in [3.05, 3.63) is 58.9 Å². The number of pyridine rings is 1. The fraction of sp³-hybridized carbons (Fsp3) is 0.353. The van der Waals surface area contributed by atoms with E-state index in [9.17, 15) is 0 Å².